The fraction of sp³-hybridized carbons (Fsp3) is 0.500. The first-order valence-electron chi connectivity index (χ1n) is 7.50. The maximum absolute atomic E-state index is 12.5. The van der Waals surface area contributed by atoms with E-state index in [4.69, 9.17) is 9.47 Å². The molecule has 1 aromatic carbocycles. The van der Waals surface area contributed by atoms with Crippen molar-refractivity contribution in [3.05, 3.63) is 24.3 Å². The van der Waals surface area contributed by atoms with Gasteiger partial charge in [-0.25, -0.2) is 4.79 Å². The van der Waals surface area contributed by atoms with Crippen molar-refractivity contribution in [2.75, 3.05) is 0 Å². The second-order valence-corrected chi connectivity index (χ2v) is 5.89. The van der Waals surface area contributed by atoms with Crippen molar-refractivity contribution in [3.63, 3.8) is 0 Å². The van der Waals surface area contributed by atoms with Crippen molar-refractivity contribution in [1.29, 1.82) is 0 Å². The summed E-state index contributed by atoms with van der Waals surface area (Å²) in [6.07, 6.45) is 1.16. The average Bonchev–Trinajstić information content (AvgIpc) is 2.96. The normalized spacial score (nSPS) is 25.5. The van der Waals surface area contributed by atoms with E-state index in [0.29, 0.717) is 24.3 Å². The third-order valence-electron chi connectivity index (χ3n) is 4.33. The van der Waals surface area contributed by atoms with Crippen LogP contribution >= 0.6 is 0 Å². The van der Waals surface area contributed by atoms with Crippen LogP contribution in [0.3, 0.4) is 0 Å². The van der Waals surface area contributed by atoms with Gasteiger partial charge in [0.2, 0.25) is 6.10 Å². The molecule has 6 heteroatoms. The number of carboxylic acids is 1. The van der Waals surface area contributed by atoms with Crippen LogP contribution in [0.2, 0.25) is 0 Å². The SMILES string of the molecule is CC1Oc2ccccc2OC1C(=O)NC1(C(=O)O)CCCC1. The Balaban J connectivity index is 1.77. The highest BCUT2D eigenvalue weighted by molar-refractivity contribution is 5.90. The molecule has 2 unspecified atom stereocenters. The quantitative estimate of drug-likeness (QED) is 0.888. The van der Waals surface area contributed by atoms with Gasteiger partial charge in [0.05, 0.1) is 0 Å². The maximum atomic E-state index is 12.5. The fourth-order valence-corrected chi connectivity index (χ4v) is 3.08. The fourth-order valence-electron chi connectivity index (χ4n) is 3.08. The van der Waals surface area contributed by atoms with Crippen LogP contribution in [0.4, 0.5) is 0 Å². The molecule has 3 rings (SSSR count). The molecule has 0 radical (unpaired) electrons. The topological polar surface area (TPSA) is 84.9 Å². The van der Waals surface area contributed by atoms with E-state index in [1.54, 1.807) is 25.1 Å². The van der Waals surface area contributed by atoms with Crippen molar-refractivity contribution in [2.45, 2.75) is 50.4 Å². The number of benzene rings is 1. The monoisotopic (exact) mass is 305 g/mol. The Labute approximate surface area is 128 Å². The minimum Gasteiger partial charge on any atom is -0.482 e. The Hall–Kier alpha value is -2.24. The molecule has 1 fully saturated rings. The van der Waals surface area contributed by atoms with Gasteiger partial charge in [-0.1, -0.05) is 25.0 Å². The molecule has 2 aliphatic rings. The molecule has 2 N–H and O–H groups in total. The zero-order valence-electron chi connectivity index (χ0n) is 12.4. The van der Waals surface area contributed by atoms with E-state index in [0.717, 1.165) is 12.8 Å². The van der Waals surface area contributed by atoms with E-state index in [9.17, 15) is 14.7 Å². The number of rotatable bonds is 3. The van der Waals surface area contributed by atoms with Gasteiger partial charge in [-0.3, -0.25) is 4.79 Å². The van der Waals surface area contributed by atoms with Gasteiger partial charge in [0.15, 0.2) is 11.5 Å². The van der Waals surface area contributed by atoms with Gasteiger partial charge in [0, 0.05) is 0 Å². The number of carbonyl (C=O) groups excluding carboxylic acids is 1. The number of carboxylic acid groups (broad SMARTS) is 1. The molecule has 0 aromatic heterocycles. The molecular formula is C16H19NO5. The highest BCUT2D eigenvalue weighted by Gasteiger charge is 2.45. The van der Waals surface area contributed by atoms with E-state index in [1.807, 2.05) is 6.07 Å². The number of ether oxygens (including phenoxy) is 2. The second-order valence-electron chi connectivity index (χ2n) is 5.89. The Morgan fingerprint density at radius 2 is 1.77 bits per heavy atom. The smallest absolute Gasteiger partial charge is 0.329 e. The molecular weight excluding hydrogens is 286 g/mol. The number of fused-ring (bicyclic) bond motifs is 1. The summed E-state index contributed by atoms with van der Waals surface area (Å²) >= 11 is 0. The number of hydrogen-bond donors (Lipinski definition) is 2. The van der Waals surface area contributed by atoms with Gasteiger partial charge < -0.3 is 19.9 Å². The lowest BCUT2D eigenvalue weighted by atomic mass is 9.97. The van der Waals surface area contributed by atoms with Crippen molar-refractivity contribution < 1.29 is 24.2 Å². The summed E-state index contributed by atoms with van der Waals surface area (Å²) in [4.78, 5) is 24.0. The van der Waals surface area contributed by atoms with Gasteiger partial charge in [0.1, 0.15) is 11.6 Å². The van der Waals surface area contributed by atoms with E-state index < -0.39 is 29.6 Å². The van der Waals surface area contributed by atoms with Crippen molar-refractivity contribution >= 4 is 11.9 Å². The largest absolute Gasteiger partial charge is 0.482 e. The molecule has 0 bridgehead atoms. The summed E-state index contributed by atoms with van der Waals surface area (Å²) < 4.78 is 11.4. The Morgan fingerprint density at radius 3 is 2.36 bits per heavy atom. The van der Waals surface area contributed by atoms with Gasteiger partial charge >= 0.3 is 5.97 Å². The van der Waals surface area contributed by atoms with Crippen LogP contribution in [-0.4, -0.2) is 34.7 Å². The van der Waals surface area contributed by atoms with Gasteiger partial charge in [-0.15, -0.1) is 0 Å². The summed E-state index contributed by atoms with van der Waals surface area (Å²) in [5.41, 5.74) is -1.17. The van der Waals surface area contributed by atoms with E-state index in [-0.39, 0.29) is 0 Å². The summed E-state index contributed by atoms with van der Waals surface area (Å²) in [5.74, 6) is -0.334. The lowest BCUT2D eigenvalue weighted by Crippen LogP contribution is -2.59. The number of nitrogens with one attached hydrogen (secondary N) is 1. The number of carbonyl (C=O) groups is 2. The summed E-state index contributed by atoms with van der Waals surface area (Å²) in [6.45, 7) is 1.74. The van der Waals surface area contributed by atoms with Crippen LogP contribution in [0.25, 0.3) is 0 Å². The predicted octanol–water partition coefficient (Wildman–Crippen LogP) is 1.73. The molecule has 0 saturated heterocycles. The van der Waals surface area contributed by atoms with E-state index in [2.05, 4.69) is 5.32 Å². The average molecular weight is 305 g/mol. The first-order chi connectivity index (χ1) is 10.5. The highest BCUT2D eigenvalue weighted by atomic mass is 16.6. The molecule has 1 aliphatic heterocycles. The number of hydrogen-bond acceptors (Lipinski definition) is 4. The molecule has 1 saturated carbocycles. The minimum atomic E-state index is -1.17. The highest BCUT2D eigenvalue weighted by Crippen LogP contribution is 2.34. The molecule has 22 heavy (non-hydrogen) atoms. The van der Waals surface area contributed by atoms with Gasteiger partial charge in [0.25, 0.3) is 5.91 Å². The first-order valence-corrected chi connectivity index (χ1v) is 7.50. The van der Waals surface area contributed by atoms with Crippen LogP contribution in [-0.2, 0) is 9.59 Å². The third kappa shape index (κ3) is 2.49. The van der Waals surface area contributed by atoms with Crippen LogP contribution in [0.15, 0.2) is 24.3 Å². The predicted molar refractivity (Wildman–Crippen MR) is 77.9 cm³/mol. The summed E-state index contributed by atoms with van der Waals surface area (Å²) in [5, 5.41) is 12.1. The zero-order chi connectivity index (χ0) is 15.7. The zero-order valence-corrected chi connectivity index (χ0v) is 12.4. The number of para-hydroxylation sites is 2. The molecule has 1 amide bonds. The molecule has 118 valence electrons. The Morgan fingerprint density at radius 1 is 1.18 bits per heavy atom. The Kier molecular flexibility index (Phi) is 3.68. The van der Waals surface area contributed by atoms with Crippen LogP contribution in [0, 0.1) is 0 Å². The van der Waals surface area contributed by atoms with Gasteiger partial charge in [-0.2, -0.15) is 0 Å². The molecule has 1 aliphatic carbocycles. The summed E-state index contributed by atoms with van der Waals surface area (Å²) in [7, 11) is 0. The third-order valence-corrected chi connectivity index (χ3v) is 4.33. The summed E-state index contributed by atoms with van der Waals surface area (Å²) in [6, 6.07) is 7.12. The van der Waals surface area contributed by atoms with E-state index in [1.165, 1.54) is 0 Å². The second kappa shape index (κ2) is 5.51. The molecule has 1 aromatic rings. The lowest BCUT2D eigenvalue weighted by Gasteiger charge is -2.33. The van der Waals surface area contributed by atoms with Gasteiger partial charge in [-0.05, 0) is 31.9 Å². The van der Waals surface area contributed by atoms with Crippen LogP contribution < -0.4 is 14.8 Å². The molecule has 0 spiro atoms. The number of aliphatic carboxylic acids is 1. The van der Waals surface area contributed by atoms with Crippen molar-refractivity contribution in [1.82, 2.24) is 5.32 Å². The molecule has 1 heterocycles. The number of amides is 1. The Bertz CT molecular complexity index is 594. The molecule has 6 nitrogen and oxygen atoms in total. The van der Waals surface area contributed by atoms with E-state index >= 15 is 0 Å². The molecule has 2 atom stereocenters. The lowest BCUT2D eigenvalue weighted by molar-refractivity contribution is -0.150. The standard InChI is InChI=1S/C16H19NO5/c1-10-13(22-12-7-3-2-6-11(12)21-10)14(18)17-16(15(19)20)8-4-5-9-16/h2-3,6-7,10,13H,4-5,8-9H2,1H3,(H,17,18)(H,19,20). The van der Waals surface area contributed by atoms with Crippen LogP contribution in [0.5, 0.6) is 11.5 Å². The minimum absolute atomic E-state index is 0.439. The van der Waals surface area contributed by atoms with Crippen molar-refractivity contribution in [3.8, 4) is 11.5 Å². The first kappa shape index (κ1) is 14.7. The maximum Gasteiger partial charge on any atom is 0.329 e. The van der Waals surface area contributed by atoms with Crippen LogP contribution in [0.1, 0.15) is 32.6 Å². The van der Waals surface area contributed by atoms with Crippen molar-refractivity contribution in [2.24, 2.45) is 0 Å².